The molecule has 0 bridgehead atoms. The Morgan fingerprint density at radius 1 is 0.312 bits per heavy atom. The first kappa shape index (κ1) is 36.2. The Hall–Kier alpha value is -8.47. The van der Waals surface area contributed by atoms with E-state index in [1.807, 2.05) is 36.4 Å². The van der Waals surface area contributed by atoms with Crippen LogP contribution in [0.1, 0.15) is 22.3 Å². The van der Waals surface area contributed by atoms with Crippen LogP contribution >= 0.6 is 0 Å². The molecule has 2 aromatic heterocycles. The van der Waals surface area contributed by atoms with E-state index in [9.17, 15) is 0 Å². The highest BCUT2D eigenvalue weighted by Gasteiger charge is 2.51. The number of pyridine rings is 1. The molecule has 3 heterocycles. The molecule has 0 amide bonds. The van der Waals surface area contributed by atoms with E-state index in [2.05, 4.69) is 188 Å². The second kappa shape index (κ2) is 14.3. The molecule has 0 fully saturated rings. The smallest absolute Gasteiger partial charge is 0.160 e. The Bertz CT molecular complexity index is 3530. The van der Waals surface area contributed by atoms with E-state index < -0.39 is 5.41 Å². The zero-order valence-electron chi connectivity index (χ0n) is 34.6. The maximum atomic E-state index is 6.96. The van der Waals surface area contributed by atoms with Gasteiger partial charge in [0.1, 0.15) is 11.5 Å². The molecule has 0 saturated heterocycles. The Kier molecular flexibility index (Phi) is 8.09. The Labute approximate surface area is 370 Å². The van der Waals surface area contributed by atoms with Crippen LogP contribution in [0, 0.1) is 0 Å². The van der Waals surface area contributed by atoms with Crippen molar-refractivity contribution in [3.63, 3.8) is 0 Å². The largest absolute Gasteiger partial charge is 0.457 e. The van der Waals surface area contributed by atoms with Crippen LogP contribution < -0.4 is 4.74 Å². The minimum atomic E-state index is -0.551. The first-order valence-electron chi connectivity index (χ1n) is 21.8. The van der Waals surface area contributed by atoms with E-state index in [1.54, 1.807) is 0 Å². The Balaban J connectivity index is 0.945. The predicted octanol–water partition coefficient (Wildman–Crippen LogP) is 15.0. The molecule has 1 aliphatic carbocycles. The molecule has 0 unspecified atom stereocenters. The summed E-state index contributed by atoms with van der Waals surface area (Å²) >= 11 is 0. The van der Waals surface area contributed by atoms with E-state index in [-0.39, 0.29) is 0 Å². The second-order valence-electron chi connectivity index (χ2n) is 16.7. The van der Waals surface area contributed by atoms with Crippen molar-refractivity contribution in [2.24, 2.45) is 0 Å². The van der Waals surface area contributed by atoms with E-state index in [0.717, 1.165) is 94.8 Å². The van der Waals surface area contributed by atoms with Crippen molar-refractivity contribution in [3.05, 3.63) is 247 Å². The third kappa shape index (κ3) is 5.52. The van der Waals surface area contributed by atoms with E-state index in [1.165, 1.54) is 22.3 Å². The lowest BCUT2D eigenvalue weighted by atomic mass is 9.65. The molecule has 1 aliphatic heterocycles. The molecule has 13 rings (SSSR count). The van der Waals surface area contributed by atoms with Crippen LogP contribution in [-0.4, -0.2) is 15.0 Å². The fourth-order valence-electron chi connectivity index (χ4n) is 10.3. The molecular weight excluding hydrogens is 779 g/mol. The third-order valence-corrected chi connectivity index (χ3v) is 13.1. The maximum absolute atomic E-state index is 6.96. The van der Waals surface area contributed by atoms with Gasteiger partial charge in [0.25, 0.3) is 0 Å². The van der Waals surface area contributed by atoms with Crippen molar-refractivity contribution in [2.75, 3.05) is 0 Å². The van der Waals surface area contributed by atoms with E-state index >= 15 is 0 Å². The fourth-order valence-corrected chi connectivity index (χ4v) is 10.3. The van der Waals surface area contributed by atoms with E-state index in [0.29, 0.717) is 5.82 Å². The molecule has 4 heteroatoms. The summed E-state index contributed by atoms with van der Waals surface area (Å²) in [6, 6.07) is 79.5. The van der Waals surface area contributed by atoms with Crippen LogP contribution in [0.25, 0.3) is 89.1 Å². The molecule has 0 N–H and O–H groups in total. The van der Waals surface area contributed by atoms with Gasteiger partial charge in [0.15, 0.2) is 5.82 Å². The highest BCUT2D eigenvalue weighted by atomic mass is 16.5. The number of hydrogen-bond acceptors (Lipinski definition) is 4. The molecule has 4 nitrogen and oxygen atoms in total. The summed E-state index contributed by atoms with van der Waals surface area (Å²) in [5.74, 6) is 2.42. The summed E-state index contributed by atoms with van der Waals surface area (Å²) in [5, 5.41) is 3.31. The summed E-state index contributed by atoms with van der Waals surface area (Å²) in [6.07, 6.45) is 0. The molecule has 2 aliphatic rings. The lowest BCUT2D eigenvalue weighted by molar-refractivity contribution is 0.437. The van der Waals surface area contributed by atoms with Gasteiger partial charge in [-0.05, 0) is 75.2 Å². The van der Waals surface area contributed by atoms with Crippen LogP contribution in [-0.2, 0) is 5.41 Å². The predicted molar refractivity (Wildman–Crippen MR) is 259 cm³/mol. The van der Waals surface area contributed by atoms with Gasteiger partial charge >= 0.3 is 0 Å². The van der Waals surface area contributed by atoms with Crippen molar-refractivity contribution >= 4 is 21.7 Å². The number of para-hydroxylation sites is 2. The summed E-state index contributed by atoms with van der Waals surface area (Å²) in [6.45, 7) is 0. The van der Waals surface area contributed by atoms with Gasteiger partial charge < -0.3 is 4.74 Å². The highest BCUT2D eigenvalue weighted by molar-refractivity contribution is 6.12. The number of hydrogen-bond donors (Lipinski definition) is 0. The second-order valence-corrected chi connectivity index (χ2v) is 16.7. The lowest BCUT2D eigenvalue weighted by Crippen LogP contribution is -2.32. The van der Waals surface area contributed by atoms with Crippen molar-refractivity contribution in [1.82, 2.24) is 15.0 Å². The normalized spacial score (nSPS) is 12.9. The maximum Gasteiger partial charge on any atom is 0.160 e. The molecule has 11 aromatic rings. The monoisotopic (exact) mass is 815 g/mol. The number of rotatable bonds is 5. The van der Waals surface area contributed by atoms with Crippen molar-refractivity contribution in [1.29, 1.82) is 0 Å². The first-order chi connectivity index (χ1) is 31.7. The molecule has 9 aromatic carbocycles. The Morgan fingerprint density at radius 2 is 0.891 bits per heavy atom. The van der Waals surface area contributed by atoms with Gasteiger partial charge in [0.2, 0.25) is 0 Å². The van der Waals surface area contributed by atoms with Crippen LogP contribution in [0.4, 0.5) is 0 Å². The van der Waals surface area contributed by atoms with Crippen molar-refractivity contribution in [3.8, 4) is 78.9 Å². The van der Waals surface area contributed by atoms with Gasteiger partial charge in [0.05, 0.1) is 28.0 Å². The summed E-state index contributed by atoms with van der Waals surface area (Å²) in [5.41, 5.74) is 16.8. The molecule has 0 saturated carbocycles. The first-order valence-corrected chi connectivity index (χ1v) is 21.8. The number of aromatic nitrogens is 3. The number of nitrogens with zero attached hydrogens (tertiary/aromatic N) is 3. The minimum Gasteiger partial charge on any atom is -0.457 e. The highest BCUT2D eigenvalue weighted by Crippen LogP contribution is 2.62. The van der Waals surface area contributed by atoms with Crippen molar-refractivity contribution in [2.45, 2.75) is 5.41 Å². The average Bonchev–Trinajstić information content (AvgIpc) is 3.66. The zero-order chi connectivity index (χ0) is 42.2. The molecule has 0 atom stereocenters. The van der Waals surface area contributed by atoms with Gasteiger partial charge in [-0.25, -0.2) is 15.0 Å². The molecule has 1 spiro atoms. The van der Waals surface area contributed by atoms with Crippen LogP contribution in [0.15, 0.2) is 224 Å². The minimum absolute atomic E-state index is 0.551. The SMILES string of the molecule is c1ccc(-c2cc(-c3cccc(-c4ccc(-c5nc6ccccc6c6cc7c(cc56)Oc5ccccc5C75c6ccccc6-c6ccccc65)cc4)c3)nc(-c3ccccc3)n2)cc1. The molecule has 64 heavy (non-hydrogen) atoms. The fraction of sp³-hybridized carbons (Fsp3) is 0.0167. The standard InChI is InChI=1S/C60H37N3O/c1-3-16-39(17-4-1)54-37-55(63-59(62-54)41-18-5-2-6-19-41)43-21-15-20-42(34-43)38-30-32-40(33-31-38)58-48-36-57-52(35-47(48)46-24-9-13-28-53(46)61-58)60(51-27-12-14-29-56(51)64-57)49-25-10-7-22-44(49)45-23-8-11-26-50(45)60/h1-37H. The number of fused-ring (bicyclic) bond motifs is 12. The van der Waals surface area contributed by atoms with Gasteiger partial charge in [0, 0.05) is 44.2 Å². The molecular formula is C60H37N3O. The third-order valence-electron chi connectivity index (χ3n) is 13.1. The van der Waals surface area contributed by atoms with Gasteiger partial charge in [-0.2, -0.15) is 0 Å². The zero-order valence-corrected chi connectivity index (χ0v) is 34.6. The van der Waals surface area contributed by atoms with Crippen LogP contribution in [0.5, 0.6) is 11.5 Å². The van der Waals surface area contributed by atoms with Crippen LogP contribution in [0.3, 0.4) is 0 Å². The number of ether oxygens (including phenoxy) is 1. The lowest BCUT2D eigenvalue weighted by Gasteiger charge is -2.39. The Morgan fingerprint density at radius 3 is 1.64 bits per heavy atom. The summed E-state index contributed by atoms with van der Waals surface area (Å²) in [4.78, 5) is 15.5. The average molecular weight is 816 g/mol. The van der Waals surface area contributed by atoms with E-state index in [4.69, 9.17) is 19.7 Å². The molecule has 298 valence electrons. The number of benzene rings is 9. The van der Waals surface area contributed by atoms with Gasteiger partial charge in [-0.1, -0.05) is 188 Å². The van der Waals surface area contributed by atoms with Crippen molar-refractivity contribution < 1.29 is 4.74 Å². The van der Waals surface area contributed by atoms with Gasteiger partial charge in [-0.3, -0.25) is 0 Å². The summed E-state index contributed by atoms with van der Waals surface area (Å²) < 4.78 is 6.96. The molecule has 0 radical (unpaired) electrons. The summed E-state index contributed by atoms with van der Waals surface area (Å²) in [7, 11) is 0. The van der Waals surface area contributed by atoms with Crippen LogP contribution in [0.2, 0.25) is 0 Å². The van der Waals surface area contributed by atoms with Gasteiger partial charge in [-0.15, -0.1) is 0 Å². The topological polar surface area (TPSA) is 47.9 Å². The quantitative estimate of drug-likeness (QED) is 0.162.